The van der Waals surface area contributed by atoms with E-state index in [0.29, 0.717) is 45.4 Å². The standard InChI is InChI=1S/C47H33N5.C21H13BrClN3.C18H23BN2O2.C14H11BO2/c1-30-25-31(2)49-44(48-30)35-23-21-32(22-24-35)37-26-38(43-29-36-17-9-10-18-40(36)41-19-11-12-20-42(41)43)28-39(27-37)47-51-45(33-13-5-3-6-14-33)50-46(52-47)34-15-7-4-8-16-34;22-17-11-16(12-18(23)13-17)21-25-19(14-7-3-1-4-8-14)24-20(26-21)15-9-5-2-6-10-15;1-12-11-13(2)21-16(20-12)14-7-9-15(10-8-14)19-22-17(3,4)18(5,6)23-19;16-15(17)14-9-10-5-1-2-6-11(10)12-7-3-4-8-13(12)14/h3-29H,1-2H3;1-13H;7-11H,1-6H3;1-9,16-17H. The summed E-state index contributed by atoms with van der Waals surface area (Å²) < 4.78 is 13.0. The highest BCUT2D eigenvalue weighted by Gasteiger charge is 2.51. The van der Waals surface area contributed by atoms with Gasteiger partial charge in [-0.2, -0.15) is 0 Å². The van der Waals surface area contributed by atoms with Crippen molar-refractivity contribution in [2.75, 3.05) is 0 Å². The van der Waals surface area contributed by atoms with Crippen molar-refractivity contribution in [1.29, 1.82) is 0 Å². The molecule has 0 aliphatic carbocycles. The summed E-state index contributed by atoms with van der Waals surface area (Å²) in [6.07, 6.45) is 0. The van der Waals surface area contributed by atoms with Crippen LogP contribution in [-0.2, 0) is 9.31 Å². The van der Waals surface area contributed by atoms with E-state index >= 15 is 0 Å². The molecule has 0 bridgehead atoms. The van der Waals surface area contributed by atoms with Gasteiger partial charge in [-0.3, -0.25) is 0 Å². The first-order chi connectivity index (χ1) is 57.2. The van der Waals surface area contributed by atoms with Crippen molar-refractivity contribution in [3.05, 3.63) is 360 Å². The molecule has 14 nitrogen and oxygen atoms in total. The Bertz CT molecular complexity index is 6510. The van der Waals surface area contributed by atoms with E-state index < -0.39 is 7.12 Å². The highest BCUT2D eigenvalue weighted by Crippen LogP contribution is 2.41. The van der Waals surface area contributed by atoms with Crippen LogP contribution < -0.4 is 10.9 Å². The van der Waals surface area contributed by atoms with Gasteiger partial charge >= 0.3 is 14.2 Å². The van der Waals surface area contributed by atoms with Crippen LogP contribution in [0.3, 0.4) is 0 Å². The zero-order valence-electron chi connectivity index (χ0n) is 66.3. The van der Waals surface area contributed by atoms with Gasteiger partial charge in [0, 0.05) is 76.8 Å². The average molecular weight is 1620 g/mol. The molecule has 0 saturated carbocycles. The van der Waals surface area contributed by atoms with Crippen LogP contribution in [0.25, 0.3) is 156 Å². The maximum atomic E-state index is 9.44. The lowest BCUT2D eigenvalue weighted by atomic mass is 9.76. The number of fused-ring (bicyclic) bond motifs is 6. The van der Waals surface area contributed by atoms with Crippen LogP contribution in [0, 0.1) is 27.7 Å². The molecule has 19 rings (SSSR count). The fraction of sp³-hybridized carbons (Fsp3) is 0.100. The van der Waals surface area contributed by atoms with Crippen LogP contribution in [0.4, 0.5) is 0 Å². The summed E-state index contributed by atoms with van der Waals surface area (Å²) in [6, 6.07) is 110. The molecule has 0 unspecified atom stereocenters. The van der Waals surface area contributed by atoms with Crippen molar-refractivity contribution >= 4 is 95.8 Å². The van der Waals surface area contributed by atoms with Crippen LogP contribution in [0.1, 0.15) is 50.5 Å². The van der Waals surface area contributed by atoms with Gasteiger partial charge in [-0.1, -0.05) is 301 Å². The molecule has 18 heteroatoms. The minimum atomic E-state index is -1.44. The van der Waals surface area contributed by atoms with Crippen LogP contribution in [-0.4, -0.2) is 85.3 Å². The highest BCUT2D eigenvalue weighted by molar-refractivity contribution is 9.10. The molecule has 1 saturated heterocycles. The zero-order valence-corrected chi connectivity index (χ0v) is 68.6. The first-order valence-electron chi connectivity index (χ1n) is 38.9. The van der Waals surface area contributed by atoms with E-state index in [1.807, 2.05) is 258 Å². The van der Waals surface area contributed by atoms with Gasteiger partial charge in [0.1, 0.15) is 0 Å². The molecule has 2 N–H and O–H groups in total. The van der Waals surface area contributed by atoms with Gasteiger partial charge in [0.15, 0.2) is 46.6 Å². The van der Waals surface area contributed by atoms with Crippen molar-refractivity contribution in [1.82, 2.24) is 49.8 Å². The number of aromatic nitrogens is 10. The predicted octanol–water partition coefficient (Wildman–Crippen LogP) is 22.6. The summed E-state index contributed by atoms with van der Waals surface area (Å²) in [4.78, 5) is 47.6. The second kappa shape index (κ2) is 34.5. The highest BCUT2D eigenvalue weighted by atomic mass is 79.9. The molecule has 14 aromatic carbocycles. The lowest BCUT2D eigenvalue weighted by Crippen LogP contribution is -2.41. The van der Waals surface area contributed by atoms with Gasteiger partial charge in [0.25, 0.3) is 0 Å². The molecule has 0 amide bonds. The average Bonchev–Trinajstić information content (AvgIpc) is 0.888. The molecule has 18 aromatic rings. The van der Waals surface area contributed by atoms with Crippen molar-refractivity contribution in [3.63, 3.8) is 0 Å². The Morgan fingerprint density at radius 3 is 1.03 bits per heavy atom. The topological polar surface area (TPSA) is 188 Å². The lowest BCUT2D eigenvalue weighted by molar-refractivity contribution is 0.00578. The molecule has 1 aliphatic rings. The van der Waals surface area contributed by atoms with Crippen molar-refractivity contribution in [2.45, 2.75) is 66.6 Å². The molecule has 5 heterocycles. The number of hydrogen-bond acceptors (Lipinski definition) is 14. The van der Waals surface area contributed by atoms with Crippen LogP contribution in [0.5, 0.6) is 0 Å². The normalized spacial score (nSPS) is 12.6. The Balaban J connectivity index is 0.000000131. The summed E-state index contributed by atoms with van der Waals surface area (Å²) in [6.45, 7) is 16.2. The quantitative estimate of drug-likeness (QED) is 0.0868. The summed E-state index contributed by atoms with van der Waals surface area (Å²) >= 11 is 9.69. The Hall–Kier alpha value is -13.0. The summed E-state index contributed by atoms with van der Waals surface area (Å²) in [5, 5.41) is 28.4. The largest absolute Gasteiger partial charge is 0.494 e. The third-order valence-corrected chi connectivity index (χ3v) is 21.7. The van der Waals surface area contributed by atoms with Gasteiger partial charge in [-0.15, -0.1) is 0 Å². The number of benzene rings is 14. The van der Waals surface area contributed by atoms with Crippen LogP contribution in [0.2, 0.25) is 5.02 Å². The van der Waals surface area contributed by atoms with Crippen LogP contribution in [0.15, 0.2) is 332 Å². The molecular formula is C100H80B2BrClN10O4. The van der Waals surface area contributed by atoms with E-state index in [1.165, 1.54) is 21.5 Å². The van der Waals surface area contributed by atoms with Gasteiger partial charge in [-0.25, -0.2) is 49.8 Å². The smallest absolute Gasteiger partial charge is 0.423 e. The monoisotopic (exact) mass is 1620 g/mol. The molecule has 4 aromatic heterocycles. The van der Waals surface area contributed by atoms with E-state index in [9.17, 15) is 10.0 Å². The minimum Gasteiger partial charge on any atom is -0.423 e. The second-order valence-electron chi connectivity index (χ2n) is 30.1. The van der Waals surface area contributed by atoms with Gasteiger partial charge in [0.2, 0.25) is 0 Å². The third kappa shape index (κ3) is 17.7. The van der Waals surface area contributed by atoms with Gasteiger partial charge < -0.3 is 19.4 Å². The van der Waals surface area contributed by atoms with Crippen LogP contribution >= 0.6 is 27.5 Å². The van der Waals surface area contributed by atoms with E-state index in [0.717, 1.165) is 133 Å². The van der Waals surface area contributed by atoms with Gasteiger partial charge in [-0.05, 0) is 186 Å². The molecule has 1 aliphatic heterocycles. The second-order valence-corrected chi connectivity index (χ2v) is 31.4. The molecule has 0 radical (unpaired) electrons. The summed E-state index contributed by atoms with van der Waals surface area (Å²) in [5.41, 5.74) is 16.6. The predicted molar refractivity (Wildman–Crippen MR) is 485 cm³/mol. The molecular weight excluding hydrogens is 1540 g/mol. The summed E-state index contributed by atoms with van der Waals surface area (Å²) in [5.74, 6) is 5.20. The Kier molecular flexibility index (Phi) is 23.0. The molecule has 0 atom stereocenters. The number of aryl methyl sites for hydroxylation is 4. The third-order valence-electron chi connectivity index (χ3n) is 21.0. The number of halogens is 2. The van der Waals surface area contributed by atoms with Crippen molar-refractivity contribution in [3.8, 4) is 113 Å². The van der Waals surface area contributed by atoms with E-state index in [1.54, 1.807) is 0 Å². The first-order valence-corrected chi connectivity index (χ1v) is 40.1. The first kappa shape index (κ1) is 78.9. The SMILES string of the molecule is Cc1cc(C)nc(-c2ccc(-c3cc(-c4nc(-c5ccccc5)nc(-c5ccccc5)n4)cc(-c4cc5ccccc5c5ccccc45)c3)cc2)n1.Cc1cc(C)nc(-c2ccc(B3OC(C)(C)C(C)(C)O3)cc2)n1.Clc1cc(Br)cc(-c2nc(-c3ccccc3)nc(-c3ccccc3)n2)c1.OB(O)c1cc2ccccc2c2ccccc12. The van der Waals surface area contributed by atoms with Gasteiger partial charge in [0.05, 0.1) is 11.2 Å². The van der Waals surface area contributed by atoms with Crippen molar-refractivity contribution in [2.24, 2.45) is 0 Å². The van der Waals surface area contributed by atoms with E-state index in [4.69, 9.17) is 45.8 Å². The van der Waals surface area contributed by atoms with E-state index in [-0.39, 0.29) is 18.3 Å². The number of nitrogens with zero attached hydrogens (tertiary/aromatic N) is 10. The van der Waals surface area contributed by atoms with E-state index in [2.05, 4.69) is 166 Å². The molecule has 118 heavy (non-hydrogen) atoms. The summed E-state index contributed by atoms with van der Waals surface area (Å²) in [7, 11) is -1.78. The fourth-order valence-corrected chi connectivity index (χ4v) is 15.4. The molecule has 0 spiro atoms. The van der Waals surface area contributed by atoms with Crippen molar-refractivity contribution < 1.29 is 19.4 Å². The fourth-order valence-electron chi connectivity index (χ4n) is 14.5. The Labute approximate surface area is 700 Å². The maximum Gasteiger partial charge on any atom is 0.494 e. The molecule has 1 fully saturated rings. The minimum absolute atomic E-state index is 0.326. The number of rotatable bonds is 12. The Morgan fingerprint density at radius 1 is 0.288 bits per heavy atom. The maximum absolute atomic E-state index is 9.44. The lowest BCUT2D eigenvalue weighted by Gasteiger charge is -2.32. The zero-order chi connectivity index (χ0) is 81.6. The Morgan fingerprint density at radius 2 is 0.602 bits per heavy atom. The molecule has 574 valence electrons. The number of hydrogen-bond donors (Lipinski definition) is 2.